The molecule has 1 aromatic heterocycles. The zero-order valence-corrected chi connectivity index (χ0v) is 9.43. The lowest BCUT2D eigenvalue weighted by Gasteiger charge is -2.10. The fourth-order valence-electron chi connectivity index (χ4n) is 1.84. The van der Waals surface area contributed by atoms with Crippen LogP contribution in [0.25, 0.3) is 11.0 Å². The molecule has 86 valence electrons. The monoisotopic (exact) mass is 219 g/mol. The van der Waals surface area contributed by atoms with E-state index in [0.29, 0.717) is 13.0 Å². The molecule has 0 saturated heterocycles. The summed E-state index contributed by atoms with van der Waals surface area (Å²) in [4.78, 5) is 4.27. The molecule has 0 radical (unpaired) electrons. The maximum atomic E-state index is 9.93. The fraction of sp³-hybridized carbons (Fsp3) is 0.417. The first-order chi connectivity index (χ1) is 7.72. The molecule has 4 nitrogen and oxygen atoms in total. The van der Waals surface area contributed by atoms with Crippen molar-refractivity contribution in [1.82, 2.24) is 9.55 Å². The van der Waals surface area contributed by atoms with Crippen LogP contribution < -0.4 is 5.73 Å². The number of rotatable bonds is 4. The number of benzene rings is 1. The summed E-state index contributed by atoms with van der Waals surface area (Å²) >= 11 is 0. The lowest BCUT2D eigenvalue weighted by atomic mass is 10.0. The van der Waals surface area contributed by atoms with Crippen LogP contribution in [0.15, 0.2) is 24.5 Å². The number of hydrogen-bond acceptors (Lipinski definition) is 3. The van der Waals surface area contributed by atoms with Gasteiger partial charge in [-0.2, -0.15) is 0 Å². The van der Waals surface area contributed by atoms with Crippen LogP contribution in [0.2, 0.25) is 0 Å². The third kappa shape index (κ3) is 2.08. The van der Waals surface area contributed by atoms with Gasteiger partial charge in [0.05, 0.1) is 23.5 Å². The number of aryl methyl sites for hydroxylation is 1. The normalized spacial score (nSPS) is 13.2. The molecule has 0 aliphatic rings. The van der Waals surface area contributed by atoms with Crippen LogP contribution in [0.3, 0.4) is 0 Å². The number of aliphatic hydroxyl groups excluding tert-OH is 1. The van der Waals surface area contributed by atoms with E-state index in [9.17, 15) is 5.11 Å². The minimum Gasteiger partial charge on any atom is -0.388 e. The Hall–Kier alpha value is -1.39. The molecule has 1 atom stereocenters. The third-order valence-electron chi connectivity index (χ3n) is 2.82. The number of nitrogens with zero attached hydrogens (tertiary/aromatic N) is 2. The van der Waals surface area contributed by atoms with E-state index in [0.717, 1.165) is 23.0 Å². The number of aliphatic hydroxyl groups is 1. The molecule has 3 N–H and O–H groups in total. The molecule has 0 aliphatic heterocycles. The lowest BCUT2D eigenvalue weighted by molar-refractivity contribution is 0.165. The number of nitrogens with two attached hydrogens (primary N) is 1. The average molecular weight is 219 g/mol. The van der Waals surface area contributed by atoms with Crippen LogP contribution in [0.4, 0.5) is 0 Å². The number of hydrogen-bond donors (Lipinski definition) is 2. The van der Waals surface area contributed by atoms with Crippen molar-refractivity contribution < 1.29 is 5.11 Å². The van der Waals surface area contributed by atoms with E-state index in [-0.39, 0.29) is 0 Å². The molecule has 0 aliphatic carbocycles. The predicted molar refractivity (Wildman–Crippen MR) is 64.0 cm³/mol. The minimum absolute atomic E-state index is 0.435. The van der Waals surface area contributed by atoms with Crippen molar-refractivity contribution in [2.75, 3.05) is 6.54 Å². The summed E-state index contributed by atoms with van der Waals surface area (Å²) in [6.07, 6.45) is 2.88. The van der Waals surface area contributed by atoms with Crippen LogP contribution in [-0.4, -0.2) is 21.2 Å². The van der Waals surface area contributed by atoms with E-state index >= 15 is 0 Å². The Morgan fingerprint density at radius 3 is 3.06 bits per heavy atom. The summed E-state index contributed by atoms with van der Waals surface area (Å²) in [7, 11) is 1.96. The summed E-state index contributed by atoms with van der Waals surface area (Å²) in [5, 5.41) is 9.93. The van der Waals surface area contributed by atoms with Gasteiger partial charge in [0.25, 0.3) is 0 Å². The molecular weight excluding hydrogens is 202 g/mol. The summed E-state index contributed by atoms with van der Waals surface area (Å²) in [6.45, 7) is 0.614. The highest BCUT2D eigenvalue weighted by atomic mass is 16.3. The van der Waals surface area contributed by atoms with Gasteiger partial charge in [-0.25, -0.2) is 4.98 Å². The Morgan fingerprint density at radius 2 is 2.31 bits per heavy atom. The van der Waals surface area contributed by atoms with Gasteiger partial charge < -0.3 is 15.4 Å². The van der Waals surface area contributed by atoms with Crippen LogP contribution in [0.1, 0.15) is 24.5 Å². The van der Waals surface area contributed by atoms with Gasteiger partial charge in [0, 0.05) is 7.05 Å². The van der Waals surface area contributed by atoms with Crippen molar-refractivity contribution in [1.29, 1.82) is 0 Å². The second kappa shape index (κ2) is 4.63. The first kappa shape index (κ1) is 11.1. The van der Waals surface area contributed by atoms with Gasteiger partial charge in [0.15, 0.2) is 0 Å². The molecule has 1 aromatic carbocycles. The minimum atomic E-state index is -0.435. The smallest absolute Gasteiger partial charge is 0.0955 e. The molecule has 0 fully saturated rings. The van der Waals surface area contributed by atoms with Gasteiger partial charge in [-0.15, -0.1) is 0 Å². The first-order valence-corrected chi connectivity index (χ1v) is 5.51. The van der Waals surface area contributed by atoms with Crippen molar-refractivity contribution in [3.05, 3.63) is 30.1 Å². The second-order valence-electron chi connectivity index (χ2n) is 4.05. The van der Waals surface area contributed by atoms with Gasteiger partial charge in [-0.3, -0.25) is 0 Å². The Bertz CT molecular complexity index is 478. The highest BCUT2D eigenvalue weighted by Crippen LogP contribution is 2.22. The Labute approximate surface area is 94.7 Å². The molecule has 0 spiro atoms. The fourth-order valence-corrected chi connectivity index (χ4v) is 1.84. The van der Waals surface area contributed by atoms with Crippen molar-refractivity contribution in [2.45, 2.75) is 18.9 Å². The molecule has 1 unspecified atom stereocenters. The van der Waals surface area contributed by atoms with Gasteiger partial charge in [-0.05, 0) is 37.1 Å². The van der Waals surface area contributed by atoms with Crippen molar-refractivity contribution >= 4 is 11.0 Å². The van der Waals surface area contributed by atoms with Gasteiger partial charge in [0.1, 0.15) is 0 Å². The Kier molecular flexibility index (Phi) is 3.22. The van der Waals surface area contributed by atoms with Crippen LogP contribution in [0, 0.1) is 0 Å². The molecule has 4 heteroatoms. The van der Waals surface area contributed by atoms with E-state index in [2.05, 4.69) is 4.98 Å². The van der Waals surface area contributed by atoms with E-state index in [4.69, 9.17) is 5.73 Å². The van der Waals surface area contributed by atoms with Gasteiger partial charge in [-0.1, -0.05) is 6.07 Å². The first-order valence-electron chi connectivity index (χ1n) is 5.51. The zero-order valence-electron chi connectivity index (χ0n) is 9.43. The van der Waals surface area contributed by atoms with E-state index in [1.54, 1.807) is 6.33 Å². The Balaban J connectivity index is 2.25. The SMILES string of the molecule is Cn1cnc2cc(C(O)CCCN)ccc21. The highest BCUT2D eigenvalue weighted by molar-refractivity contribution is 5.76. The quantitative estimate of drug-likeness (QED) is 0.815. The summed E-state index contributed by atoms with van der Waals surface area (Å²) in [6, 6.07) is 5.88. The summed E-state index contributed by atoms with van der Waals surface area (Å²) in [5.41, 5.74) is 8.34. The van der Waals surface area contributed by atoms with E-state index in [1.807, 2.05) is 29.8 Å². The molecular formula is C12H17N3O. The Morgan fingerprint density at radius 1 is 1.50 bits per heavy atom. The standard InChI is InChI=1S/C12H17N3O/c1-15-8-14-10-7-9(4-5-11(10)15)12(16)3-2-6-13/h4-5,7-8,12,16H,2-3,6,13H2,1H3. The molecule has 0 amide bonds. The molecule has 2 rings (SSSR count). The van der Waals surface area contributed by atoms with E-state index in [1.165, 1.54) is 0 Å². The number of aromatic nitrogens is 2. The number of imidazole rings is 1. The summed E-state index contributed by atoms with van der Waals surface area (Å²) < 4.78 is 1.96. The third-order valence-corrected chi connectivity index (χ3v) is 2.82. The van der Waals surface area contributed by atoms with Crippen molar-refractivity contribution in [2.24, 2.45) is 12.8 Å². The number of fused-ring (bicyclic) bond motifs is 1. The van der Waals surface area contributed by atoms with Crippen LogP contribution >= 0.6 is 0 Å². The predicted octanol–water partition coefficient (Wildman–Crippen LogP) is 1.35. The highest BCUT2D eigenvalue weighted by Gasteiger charge is 2.08. The molecule has 0 bridgehead atoms. The van der Waals surface area contributed by atoms with Crippen molar-refractivity contribution in [3.63, 3.8) is 0 Å². The zero-order chi connectivity index (χ0) is 11.5. The van der Waals surface area contributed by atoms with Crippen LogP contribution in [-0.2, 0) is 7.05 Å². The van der Waals surface area contributed by atoms with Crippen molar-refractivity contribution in [3.8, 4) is 0 Å². The second-order valence-corrected chi connectivity index (χ2v) is 4.05. The van der Waals surface area contributed by atoms with E-state index < -0.39 is 6.10 Å². The average Bonchev–Trinajstić information content (AvgIpc) is 2.67. The molecule has 2 aromatic rings. The molecule has 16 heavy (non-hydrogen) atoms. The maximum absolute atomic E-state index is 9.93. The van der Waals surface area contributed by atoms with Crippen LogP contribution in [0.5, 0.6) is 0 Å². The van der Waals surface area contributed by atoms with Gasteiger partial charge >= 0.3 is 0 Å². The molecule has 1 heterocycles. The topological polar surface area (TPSA) is 64.1 Å². The molecule has 0 saturated carbocycles. The summed E-state index contributed by atoms with van der Waals surface area (Å²) in [5.74, 6) is 0. The lowest BCUT2D eigenvalue weighted by Crippen LogP contribution is -2.03. The van der Waals surface area contributed by atoms with Gasteiger partial charge in [0.2, 0.25) is 0 Å². The largest absolute Gasteiger partial charge is 0.388 e. The maximum Gasteiger partial charge on any atom is 0.0955 e.